The third kappa shape index (κ3) is 5.63. The average Bonchev–Trinajstić information content (AvgIpc) is 3.56. The third-order valence-corrected chi connectivity index (χ3v) is 8.05. The minimum atomic E-state index is -0.838. The molecule has 2 N–H and O–H groups in total. The molecule has 5 heterocycles. The van der Waals surface area contributed by atoms with Gasteiger partial charge in [0.1, 0.15) is 17.1 Å². The molecule has 3 aromatic heterocycles. The highest BCUT2D eigenvalue weighted by atomic mass is 79.9. The number of carbonyl (C=O) groups is 1. The van der Waals surface area contributed by atoms with Gasteiger partial charge in [-0.05, 0) is 28.4 Å². The van der Waals surface area contributed by atoms with Crippen LogP contribution < -0.4 is 4.90 Å². The van der Waals surface area contributed by atoms with Gasteiger partial charge in [-0.15, -0.1) is 0 Å². The second kappa shape index (κ2) is 10.9. The minimum absolute atomic E-state index is 0.549. The second-order valence-corrected chi connectivity index (χ2v) is 11.0. The van der Waals surface area contributed by atoms with E-state index in [0.717, 1.165) is 96.5 Å². The first-order valence-corrected chi connectivity index (χ1v) is 14.0. The number of aromatic nitrogens is 4. The van der Waals surface area contributed by atoms with Gasteiger partial charge >= 0.3 is 6.09 Å². The number of amides is 1. The Morgan fingerprint density at radius 1 is 1.03 bits per heavy atom. The zero-order chi connectivity index (χ0) is 26.9. The predicted molar refractivity (Wildman–Crippen MR) is 151 cm³/mol. The van der Waals surface area contributed by atoms with Crippen molar-refractivity contribution in [3.05, 3.63) is 58.0 Å². The summed E-state index contributed by atoms with van der Waals surface area (Å²) in [4.78, 5) is 32.7. The first-order chi connectivity index (χ1) is 18.9. The monoisotopic (exact) mass is 594 g/mol. The summed E-state index contributed by atoms with van der Waals surface area (Å²) in [6, 6.07) is 10.4. The molecule has 6 rings (SSSR count). The van der Waals surface area contributed by atoms with Crippen molar-refractivity contribution >= 4 is 38.9 Å². The summed E-state index contributed by atoms with van der Waals surface area (Å²) >= 11 is 3.72. The fourth-order valence-corrected chi connectivity index (χ4v) is 5.87. The van der Waals surface area contributed by atoms with Crippen molar-refractivity contribution in [3.8, 4) is 11.4 Å². The van der Waals surface area contributed by atoms with Gasteiger partial charge in [-0.1, -0.05) is 29.4 Å². The topological polar surface area (TPSA) is 118 Å². The number of nitrogens with one attached hydrogen (secondary N) is 1. The number of nitrogens with zero attached hydrogens (tertiary/aromatic N) is 7. The Labute approximate surface area is 234 Å². The summed E-state index contributed by atoms with van der Waals surface area (Å²) < 4.78 is 6.15. The highest BCUT2D eigenvalue weighted by Gasteiger charge is 2.24. The lowest BCUT2D eigenvalue weighted by Gasteiger charge is -2.36. The Bertz CT molecular complexity index is 1450. The fraction of sp³-hybridized carbons (Fsp3) is 0.407. The SMILES string of the molecule is Cc1cc(CN2CCN(c3c(Br)cnc4[nH]c(-c5ccc(CN6CCN(C(=O)O)CC6)cc5)nc34)CC2)no1. The number of aromatic amines is 1. The zero-order valence-corrected chi connectivity index (χ0v) is 23.4. The molecule has 0 unspecified atom stereocenters. The quantitative estimate of drug-likeness (QED) is 0.343. The van der Waals surface area contributed by atoms with Crippen LogP contribution in [0.2, 0.25) is 0 Å². The van der Waals surface area contributed by atoms with Gasteiger partial charge in [0.15, 0.2) is 5.65 Å². The summed E-state index contributed by atoms with van der Waals surface area (Å²) in [5, 5.41) is 13.3. The summed E-state index contributed by atoms with van der Waals surface area (Å²) in [7, 11) is 0. The number of rotatable bonds is 6. The molecule has 0 atom stereocenters. The van der Waals surface area contributed by atoms with E-state index in [-0.39, 0.29) is 0 Å². The van der Waals surface area contributed by atoms with Crippen LogP contribution in [-0.4, -0.2) is 98.4 Å². The number of H-pyrrole nitrogens is 1. The van der Waals surface area contributed by atoms with Gasteiger partial charge in [-0.2, -0.15) is 0 Å². The lowest BCUT2D eigenvalue weighted by molar-refractivity contribution is 0.103. The zero-order valence-electron chi connectivity index (χ0n) is 21.8. The number of imidazole rings is 1. The predicted octanol–water partition coefficient (Wildman–Crippen LogP) is 3.80. The molecule has 2 aliphatic rings. The molecule has 2 aliphatic heterocycles. The molecule has 1 aromatic carbocycles. The van der Waals surface area contributed by atoms with E-state index in [1.54, 1.807) is 0 Å². The Morgan fingerprint density at radius 2 is 1.72 bits per heavy atom. The van der Waals surface area contributed by atoms with E-state index in [9.17, 15) is 4.79 Å². The van der Waals surface area contributed by atoms with E-state index in [4.69, 9.17) is 14.6 Å². The number of halogens is 1. The van der Waals surface area contributed by atoms with Crippen molar-refractivity contribution in [2.45, 2.75) is 20.0 Å². The summed E-state index contributed by atoms with van der Waals surface area (Å²) in [5.41, 5.74) is 5.86. The number of pyridine rings is 1. The Kier molecular flexibility index (Phi) is 7.24. The minimum Gasteiger partial charge on any atom is -0.465 e. The number of aryl methyl sites for hydroxylation is 1. The maximum Gasteiger partial charge on any atom is 0.407 e. The lowest BCUT2D eigenvalue weighted by Crippen LogP contribution is -2.47. The maximum absolute atomic E-state index is 11.1. The molecule has 0 aliphatic carbocycles. The molecule has 4 aromatic rings. The van der Waals surface area contributed by atoms with Crippen molar-refractivity contribution in [1.82, 2.24) is 34.8 Å². The molecule has 0 radical (unpaired) electrons. The Hall–Kier alpha value is -3.48. The van der Waals surface area contributed by atoms with Crippen LogP contribution in [-0.2, 0) is 13.1 Å². The standard InChI is InChI=1S/C27H31BrN8O3/c1-18-14-21(32-39-18)17-34-6-10-35(11-7-34)24-22(28)15-29-26-23(24)30-25(31-26)20-4-2-19(3-5-20)16-33-8-12-36(13-9-33)27(37)38/h2-5,14-15H,6-13,16-17H2,1H3,(H,37,38)(H,29,30,31). The van der Waals surface area contributed by atoms with E-state index < -0.39 is 6.09 Å². The van der Waals surface area contributed by atoms with E-state index in [1.165, 1.54) is 10.5 Å². The van der Waals surface area contributed by atoms with Gasteiger partial charge in [-0.25, -0.2) is 14.8 Å². The van der Waals surface area contributed by atoms with Crippen molar-refractivity contribution in [2.24, 2.45) is 0 Å². The Balaban J connectivity index is 1.13. The second-order valence-electron chi connectivity index (χ2n) is 10.2. The number of fused-ring (bicyclic) bond motifs is 1. The maximum atomic E-state index is 11.1. The number of piperazine rings is 2. The van der Waals surface area contributed by atoms with Gasteiger partial charge < -0.3 is 24.4 Å². The number of hydrogen-bond donors (Lipinski definition) is 2. The first-order valence-electron chi connectivity index (χ1n) is 13.2. The van der Waals surface area contributed by atoms with Crippen molar-refractivity contribution in [3.63, 3.8) is 0 Å². The first kappa shape index (κ1) is 25.8. The van der Waals surface area contributed by atoms with E-state index >= 15 is 0 Å². The number of benzene rings is 1. The summed E-state index contributed by atoms with van der Waals surface area (Å²) in [6.07, 6.45) is 1.01. The highest BCUT2D eigenvalue weighted by molar-refractivity contribution is 9.10. The van der Waals surface area contributed by atoms with Gasteiger partial charge in [-0.3, -0.25) is 9.80 Å². The molecule has 0 saturated carbocycles. The van der Waals surface area contributed by atoms with Crippen LogP contribution in [0.25, 0.3) is 22.6 Å². The highest BCUT2D eigenvalue weighted by Crippen LogP contribution is 2.34. The van der Waals surface area contributed by atoms with Crippen LogP contribution in [0.1, 0.15) is 17.0 Å². The number of hydrogen-bond acceptors (Lipinski definition) is 8. The molecule has 12 heteroatoms. The van der Waals surface area contributed by atoms with Crippen LogP contribution in [0.5, 0.6) is 0 Å². The molecule has 0 bridgehead atoms. The number of carboxylic acid groups (broad SMARTS) is 1. The largest absolute Gasteiger partial charge is 0.465 e. The summed E-state index contributed by atoms with van der Waals surface area (Å²) in [5.74, 6) is 1.63. The van der Waals surface area contributed by atoms with E-state index in [2.05, 4.69) is 70.0 Å². The van der Waals surface area contributed by atoms with Crippen molar-refractivity contribution < 1.29 is 14.4 Å². The molecule has 0 spiro atoms. The van der Waals surface area contributed by atoms with Gasteiger partial charge in [0.05, 0.1) is 15.9 Å². The van der Waals surface area contributed by atoms with Crippen molar-refractivity contribution in [1.29, 1.82) is 0 Å². The van der Waals surface area contributed by atoms with Crippen molar-refractivity contribution in [2.75, 3.05) is 57.3 Å². The molecular formula is C27H31BrN8O3. The molecule has 39 heavy (non-hydrogen) atoms. The van der Waals surface area contributed by atoms with Gasteiger partial charge in [0.25, 0.3) is 0 Å². The molecule has 11 nitrogen and oxygen atoms in total. The summed E-state index contributed by atoms with van der Waals surface area (Å²) in [6.45, 7) is 9.71. The van der Waals surface area contributed by atoms with Crippen LogP contribution in [0.3, 0.4) is 0 Å². The number of anilines is 1. The van der Waals surface area contributed by atoms with Crippen LogP contribution >= 0.6 is 15.9 Å². The van der Waals surface area contributed by atoms with Crippen LogP contribution in [0.4, 0.5) is 10.5 Å². The Morgan fingerprint density at radius 3 is 2.38 bits per heavy atom. The smallest absolute Gasteiger partial charge is 0.407 e. The lowest BCUT2D eigenvalue weighted by atomic mass is 10.1. The molecular weight excluding hydrogens is 564 g/mol. The average molecular weight is 596 g/mol. The van der Waals surface area contributed by atoms with Gasteiger partial charge in [0, 0.05) is 83.3 Å². The molecule has 2 saturated heterocycles. The van der Waals surface area contributed by atoms with Crippen LogP contribution in [0.15, 0.2) is 45.5 Å². The fourth-order valence-electron chi connectivity index (χ4n) is 5.33. The normalized spacial score (nSPS) is 17.3. The third-order valence-electron chi connectivity index (χ3n) is 7.47. The van der Waals surface area contributed by atoms with Crippen LogP contribution in [0, 0.1) is 6.92 Å². The van der Waals surface area contributed by atoms with E-state index in [0.29, 0.717) is 13.1 Å². The molecule has 2 fully saturated rings. The molecule has 1 amide bonds. The van der Waals surface area contributed by atoms with Gasteiger partial charge in [0.2, 0.25) is 0 Å². The van der Waals surface area contributed by atoms with E-state index in [1.807, 2.05) is 19.2 Å². The molecule has 204 valence electrons.